The van der Waals surface area contributed by atoms with Crippen molar-refractivity contribution in [3.05, 3.63) is 30.3 Å². The zero-order chi connectivity index (χ0) is 14.7. The Hall–Kier alpha value is -0.830. The lowest BCUT2D eigenvalue weighted by Gasteiger charge is -2.32. The highest BCUT2D eigenvalue weighted by Gasteiger charge is 2.35. The highest BCUT2D eigenvalue weighted by molar-refractivity contribution is 7.55. The van der Waals surface area contributed by atoms with Gasteiger partial charge < -0.3 is 0 Å². The van der Waals surface area contributed by atoms with E-state index in [2.05, 4.69) is 5.09 Å². The van der Waals surface area contributed by atoms with Crippen molar-refractivity contribution in [2.75, 3.05) is 5.09 Å². The quantitative estimate of drug-likeness (QED) is 0.804. The summed E-state index contributed by atoms with van der Waals surface area (Å²) < 4.78 is 24.1. The number of rotatable bonds is 4. The van der Waals surface area contributed by atoms with Gasteiger partial charge >= 0.3 is 7.75 Å². The van der Waals surface area contributed by atoms with Gasteiger partial charge in [0.25, 0.3) is 0 Å². The molecule has 0 radical (unpaired) electrons. The van der Waals surface area contributed by atoms with Gasteiger partial charge in [-0.1, -0.05) is 18.2 Å². The molecule has 5 heteroatoms. The van der Waals surface area contributed by atoms with Crippen LogP contribution in [0.15, 0.2) is 30.3 Å². The summed E-state index contributed by atoms with van der Waals surface area (Å²) in [5.74, 6) is 0. The van der Waals surface area contributed by atoms with E-state index in [9.17, 15) is 4.57 Å². The zero-order valence-corrected chi connectivity index (χ0v) is 13.5. The predicted octanol–water partition coefficient (Wildman–Crippen LogP) is 4.84. The summed E-state index contributed by atoms with van der Waals surface area (Å²) in [6, 6.07) is 9.27. The molecule has 108 valence electrons. The Balaban J connectivity index is 2.96. The summed E-state index contributed by atoms with van der Waals surface area (Å²) in [5.41, 5.74) is -0.426. The van der Waals surface area contributed by atoms with Gasteiger partial charge in [-0.15, -0.1) is 0 Å². The third-order valence-electron chi connectivity index (χ3n) is 1.83. The second kappa shape index (κ2) is 5.66. The Kier molecular flexibility index (Phi) is 4.83. The molecule has 0 saturated heterocycles. The van der Waals surface area contributed by atoms with E-state index in [4.69, 9.17) is 9.05 Å². The smallest absolute Gasteiger partial charge is 0.293 e. The van der Waals surface area contributed by atoms with Gasteiger partial charge in [-0.25, -0.2) is 4.57 Å². The highest BCUT2D eigenvalue weighted by atomic mass is 31.2. The average molecular weight is 285 g/mol. The Morgan fingerprint density at radius 3 is 1.68 bits per heavy atom. The summed E-state index contributed by atoms with van der Waals surface area (Å²) in [7, 11) is -3.43. The molecule has 19 heavy (non-hydrogen) atoms. The van der Waals surface area contributed by atoms with Gasteiger partial charge in [-0.3, -0.25) is 14.1 Å². The third-order valence-corrected chi connectivity index (χ3v) is 3.94. The highest BCUT2D eigenvalue weighted by Crippen LogP contribution is 2.53. The first-order valence-corrected chi connectivity index (χ1v) is 7.88. The van der Waals surface area contributed by atoms with Crippen LogP contribution in [0.25, 0.3) is 0 Å². The van der Waals surface area contributed by atoms with Crippen LogP contribution in [0.4, 0.5) is 5.69 Å². The molecule has 0 aliphatic rings. The molecule has 0 amide bonds. The third kappa shape index (κ3) is 6.76. The molecule has 0 saturated carbocycles. The fraction of sp³-hybridized carbons (Fsp3) is 0.571. The van der Waals surface area contributed by atoms with Crippen LogP contribution in [0.5, 0.6) is 0 Å². The molecule has 4 nitrogen and oxygen atoms in total. The standard InChI is InChI=1S/C14H24NO3P/c1-13(2,3)17-19(16,18-14(4,5)6)15-12-10-8-7-9-11-12/h7-11H,1-6H3,(H,15,16). The molecule has 0 fully saturated rings. The summed E-state index contributed by atoms with van der Waals surface area (Å²) >= 11 is 0. The van der Waals surface area contributed by atoms with E-state index in [0.717, 1.165) is 0 Å². The number of anilines is 1. The second-order valence-electron chi connectivity index (χ2n) is 6.38. The van der Waals surface area contributed by atoms with Gasteiger partial charge in [0.05, 0.1) is 11.2 Å². The molecule has 0 aliphatic carbocycles. The van der Waals surface area contributed by atoms with Crippen molar-refractivity contribution in [2.24, 2.45) is 0 Å². The van der Waals surface area contributed by atoms with Crippen LogP contribution in [-0.2, 0) is 13.6 Å². The van der Waals surface area contributed by atoms with Crippen molar-refractivity contribution in [3.8, 4) is 0 Å². The van der Waals surface area contributed by atoms with Gasteiger partial charge in [0.15, 0.2) is 0 Å². The number of hydrogen-bond donors (Lipinski definition) is 1. The van der Waals surface area contributed by atoms with Crippen LogP contribution in [0.3, 0.4) is 0 Å². The summed E-state index contributed by atoms with van der Waals surface area (Å²) in [4.78, 5) is 0. The minimum absolute atomic E-state index is 0.567. The van der Waals surface area contributed by atoms with Crippen molar-refractivity contribution in [2.45, 2.75) is 52.7 Å². The molecule has 0 aliphatic heterocycles. The van der Waals surface area contributed by atoms with E-state index >= 15 is 0 Å². The Morgan fingerprint density at radius 2 is 1.32 bits per heavy atom. The molecule has 0 spiro atoms. The first-order valence-electron chi connectivity index (χ1n) is 6.34. The SMILES string of the molecule is CC(C)(C)OP(=O)(Nc1ccccc1)OC(C)(C)C. The largest absolute Gasteiger partial charge is 0.433 e. The molecule has 0 bridgehead atoms. The van der Waals surface area contributed by atoms with Crippen LogP contribution in [-0.4, -0.2) is 11.2 Å². The van der Waals surface area contributed by atoms with E-state index in [0.29, 0.717) is 5.69 Å². The monoisotopic (exact) mass is 285 g/mol. The van der Waals surface area contributed by atoms with Crippen molar-refractivity contribution in [3.63, 3.8) is 0 Å². The molecule has 1 rings (SSSR count). The number of nitrogens with one attached hydrogen (secondary N) is 1. The minimum atomic E-state index is -3.43. The Labute approximate surface area is 116 Å². The molecule has 0 unspecified atom stereocenters. The lowest BCUT2D eigenvalue weighted by molar-refractivity contribution is 0.0519. The molecule has 0 atom stereocenters. The number of para-hydroxylation sites is 1. The fourth-order valence-electron chi connectivity index (χ4n) is 1.46. The van der Waals surface area contributed by atoms with Crippen molar-refractivity contribution >= 4 is 13.4 Å². The molecule has 1 aromatic rings. The molecular weight excluding hydrogens is 261 g/mol. The minimum Gasteiger partial charge on any atom is -0.293 e. The van der Waals surface area contributed by atoms with Gasteiger partial charge in [0, 0.05) is 5.69 Å². The molecular formula is C14H24NO3P. The van der Waals surface area contributed by atoms with Crippen LogP contribution in [0.2, 0.25) is 0 Å². The summed E-state index contributed by atoms with van der Waals surface area (Å²) in [6.07, 6.45) is 0. The second-order valence-corrected chi connectivity index (χ2v) is 7.97. The predicted molar refractivity (Wildman–Crippen MR) is 79.3 cm³/mol. The lowest BCUT2D eigenvalue weighted by Crippen LogP contribution is -2.26. The van der Waals surface area contributed by atoms with Gasteiger partial charge in [-0.05, 0) is 53.7 Å². The normalized spacial score (nSPS) is 13.4. The first kappa shape index (κ1) is 16.2. The summed E-state index contributed by atoms with van der Waals surface area (Å²) in [6.45, 7) is 11.1. The van der Waals surface area contributed by atoms with E-state index in [1.54, 1.807) is 0 Å². The zero-order valence-electron chi connectivity index (χ0n) is 12.6. The van der Waals surface area contributed by atoms with Crippen molar-refractivity contribution < 1.29 is 13.6 Å². The van der Waals surface area contributed by atoms with Gasteiger partial charge in [-0.2, -0.15) is 0 Å². The topological polar surface area (TPSA) is 47.6 Å². The van der Waals surface area contributed by atoms with Crippen LogP contribution < -0.4 is 5.09 Å². The van der Waals surface area contributed by atoms with Crippen LogP contribution >= 0.6 is 7.75 Å². The fourth-order valence-corrected chi connectivity index (χ4v) is 3.49. The summed E-state index contributed by atoms with van der Waals surface area (Å²) in [5, 5.41) is 2.88. The van der Waals surface area contributed by atoms with Crippen LogP contribution in [0.1, 0.15) is 41.5 Å². The van der Waals surface area contributed by atoms with E-state index < -0.39 is 18.9 Å². The maximum absolute atomic E-state index is 12.9. The number of hydrogen-bond acceptors (Lipinski definition) is 3. The molecule has 0 aromatic heterocycles. The average Bonchev–Trinajstić information content (AvgIpc) is 2.11. The molecule has 0 heterocycles. The van der Waals surface area contributed by atoms with E-state index in [-0.39, 0.29) is 0 Å². The Bertz CT molecular complexity index is 426. The van der Waals surface area contributed by atoms with Crippen LogP contribution in [0, 0.1) is 0 Å². The molecule has 1 aromatic carbocycles. The maximum Gasteiger partial charge on any atom is 0.433 e. The van der Waals surface area contributed by atoms with E-state index in [1.807, 2.05) is 71.9 Å². The van der Waals surface area contributed by atoms with Gasteiger partial charge in [0.2, 0.25) is 0 Å². The van der Waals surface area contributed by atoms with Gasteiger partial charge in [0.1, 0.15) is 0 Å². The Morgan fingerprint density at radius 1 is 0.895 bits per heavy atom. The van der Waals surface area contributed by atoms with Crippen molar-refractivity contribution in [1.29, 1.82) is 0 Å². The first-order chi connectivity index (χ1) is 8.49. The lowest BCUT2D eigenvalue weighted by atomic mass is 10.2. The maximum atomic E-state index is 12.9. The molecule has 1 N–H and O–H groups in total. The van der Waals surface area contributed by atoms with E-state index in [1.165, 1.54) is 0 Å². The number of benzene rings is 1. The van der Waals surface area contributed by atoms with Crippen molar-refractivity contribution in [1.82, 2.24) is 0 Å².